The summed E-state index contributed by atoms with van der Waals surface area (Å²) in [6, 6.07) is 13.3. The Kier molecular flexibility index (Phi) is 7.87. The number of phenols is 1. The number of aromatic nitrogens is 1. The normalized spacial score (nSPS) is 12.3. The molecule has 0 spiro atoms. The molecule has 0 bridgehead atoms. The van der Waals surface area contributed by atoms with Crippen LogP contribution in [0.2, 0.25) is 5.02 Å². The van der Waals surface area contributed by atoms with Crippen molar-refractivity contribution in [3.8, 4) is 16.9 Å². The van der Waals surface area contributed by atoms with Gasteiger partial charge in [-0.2, -0.15) is 0 Å². The van der Waals surface area contributed by atoms with E-state index in [0.29, 0.717) is 10.6 Å². The first kappa shape index (κ1) is 29.0. The molecule has 0 saturated carbocycles. The number of hydrogen-bond donors (Lipinski definition) is 2. The van der Waals surface area contributed by atoms with E-state index in [9.17, 15) is 27.5 Å². The van der Waals surface area contributed by atoms with Crippen LogP contribution in [0.3, 0.4) is 0 Å². The highest BCUT2D eigenvalue weighted by Gasteiger charge is 2.36. The van der Waals surface area contributed by atoms with E-state index in [1.54, 1.807) is 18.2 Å². The molecule has 0 aliphatic rings. The van der Waals surface area contributed by atoms with Crippen LogP contribution in [0.4, 0.5) is 8.78 Å². The molecule has 1 amide bonds. The second-order valence-electron chi connectivity index (χ2n) is 9.51. The van der Waals surface area contributed by atoms with Crippen molar-refractivity contribution in [3.63, 3.8) is 0 Å². The first-order valence-corrected chi connectivity index (χ1v) is 14.4. The Labute approximate surface area is 234 Å². The average molecular weight is 587 g/mol. The molecule has 0 radical (unpaired) electrons. The Morgan fingerprint density at radius 3 is 2.23 bits per heavy atom. The molecule has 1 unspecified atom stereocenters. The highest BCUT2D eigenvalue weighted by Crippen LogP contribution is 2.42. The van der Waals surface area contributed by atoms with Gasteiger partial charge in [0.2, 0.25) is 5.78 Å². The van der Waals surface area contributed by atoms with Gasteiger partial charge in [-0.1, -0.05) is 23.7 Å². The molecule has 0 aliphatic heterocycles. The second kappa shape index (κ2) is 10.9. The third-order valence-electron chi connectivity index (χ3n) is 6.68. The van der Waals surface area contributed by atoms with Crippen LogP contribution < -0.4 is 5.73 Å². The molecule has 4 rings (SSSR count). The number of ketones is 1. The van der Waals surface area contributed by atoms with Crippen LogP contribution in [0.5, 0.6) is 5.75 Å². The minimum Gasteiger partial charge on any atom is -0.508 e. The van der Waals surface area contributed by atoms with E-state index in [1.165, 1.54) is 48.9 Å². The van der Waals surface area contributed by atoms with Crippen molar-refractivity contribution < 1.29 is 31.9 Å². The number of nitrogens with zero attached hydrogens (tertiary/aromatic N) is 1. The molecule has 1 atom stereocenters. The molecular formula is C29H25ClF2N2O5S. The molecule has 0 fully saturated rings. The summed E-state index contributed by atoms with van der Waals surface area (Å²) in [5.41, 5.74) is 4.98. The number of sulfone groups is 1. The molecule has 40 heavy (non-hydrogen) atoms. The number of carbonyl (C=O) groups is 2. The van der Waals surface area contributed by atoms with Gasteiger partial charge in [-0.25, -0.2) is 17.2 Å². The fourth-order valence-corrected chi connectivity index (χ4v) is 6.09. The highest BCUT2D eigenvalue weighted by atomic mass is 35.5. The van der Waals surface area contributed by atoms with E-state index in [4.69, 9.17) is 17.3 Å². The van der Waals surface area contributed by atoms with Crippen molar-refractivity contribution in [1.29, 1.82) is 0 Å². The summed E-state index contributed by atoms with van der Waals surface area (Å²) in [5, 5.41) is 10.0. The van der Waals surface area contributed by atoms with Crippen molar-refractivity contribution in [2.45, 2.75) is 12.8 Å². The number of carbonyl (C=O) groups excluding carboxylic acids is 2. The third-order valence-corrected chi connectivity index (χ3v) is 7.85. The summed E-state index contributed by atoms with van der Waals surface area (Å²) in [7, 11) is -2.29. The first-order valence-electron chi connectivity index (χ1n) is 12.0. The number of primary amides is 1. The van der Waals surface area contributed by atoms with E-state index in [2.05, 4.69) is 0 Å². The van der Waals surface area contributed by atoms with Crippen molar-refractivity contribution in [2.24, 2.45) is 12.8 Å². The SMILES string of the molecule is Cc1c(F)ccc(F)c1-c1c(C(N)=O)c(C(CS(C)(=O)=O)c2cccc(Cl)c2)n(C)c1C(=O)c1ccc(O)cc1. The van der Waals surface area contributed by atoms with Gasteiger partial charge in [-0.15, -0.1) is 0 Å². The predicted molar refractivity (Wildman–Crippen MR) is 149 cm³/mol. The van der Waals surface area contributed by atoms with Crippen LogP contribution in [0.25, 0.3) is 11.1 Å². The van der Waals surface area contributed by atoms with Crippen LogP contribution in [-0.4, -0.2) is 41.8 Å². The largest absolute Gasteiger partial charge is 0.508 e. The number of phenolic OH excluding ortho intramolecular Hbond substituents is 1. The number of aromatic hydroxyl groups is 1. The molecule has 7 nitrogen and oxygen atoms in total. The number of benzene rings is 3. The van der Waals surface area contributed by atoms with Crippen LogP contribution in [0.15, 0.2) is 60.7 Å². The molecule has 3 aromatic carbocycles. The molecule has 3 N–H and O–H groups in total. The van der Waals surface area contributed by atoms with E-state index in [0.717, 1.165) is 18.4 Å². The van der Waals surface area contributed by atoms with E-state index < -0.39 is 44.8 Å². The predicted octanol–water partition coefficient (Wildman–Crippen LogP) is 5.14. The molecular weight excluding hydrogens is 562 g/mol. The molecule has 4 aromatic rings. The van der Waals surface area contributed by atoms with Gasteiger partial charge in [0.05, 0.1) is 17.0 Å². The van der Waals surface area contributed by atoms with Crippen molar-refractivity contribution in [3.05, 3.63) is 111 Å². The minimum atomic E-state index is -3.72. The zero-order valence-electron chi connectivity index (χ0n) is 21.7. The van der Waals surface area contributed by atoms with Crippen LogP contribution >= 0.6 is 11.6 Å². The Hall–Kier alpha value is -4.02. The van der Waals surface area contributed by atoms with E-state index >= 15 is 4.39 Å². The maximum atomic E-state index is 15.5. The van der Waals surface area contributed by atoms with Gasteiger partial charge in [0.1, 0.15) is 27.2 Å². The van der Waals surface area contributed by atoms with Gasteiger partial charge in [-0.05, 0) is 66.6 Å². The van der Waals surface area contributed by atoms with E-state index in [-0.39, 0.29) is 45.0 Å². The molecule has 0 saturated heterocycles. The van der Waals surface area contributed by atoms with Gasteiger partial charge >= 0.3 is 0 Å². The van der Waals surface area contributed by atoms with Gasteiger partial charge in [0.15, 0.2) is 0 Å². The molecule has 1 heterocycles. The molecule has 208 valence electrons. The molecule has 11 heteroatoms. The number of amides is 1. The Morgan fingerprint density at radius 1 is 1.02 bits per heavy atom. The van der Waals surface area contributed by atoms with Crippen molar-refractivity contribution >= 4 is 33.1 Å². The average Bonchev–Trinajstić information content (AvgIpc) is 3.17. The highest BCUT2D eigenvalue weighted by molar-refractivity contribution is 7.90. The lowest BCUT2D eigenvalue weighted by molar-refractivity contribution is 0.0998. The smallest absolute Gasteiger partial charge is 0.251 e. The fraction of sp³-hybridized carbons (Fsp3) is 0.172. The maximum absolute atomic E-state index is 15.5. The number of nitrogens with two attached hydrogens (primary N) is 1. The van der Waals surface area contributed by atoms with Crippen LogP contribution in [0.1, 0.15) is 49.1 Å². The van der Waals surface area contributed by atoms with Crippen LogP contribution in [-0.2, 0) is 16.9 Å². The third kappa shape index (κ3) is 5.50. The summed E-state index contributed by atoms with van der Waals surface area (Å²) in [6.45, 7) is 1.30. The van der Waals surface area contributed by atoms with Gasteiger partial charge in [-0.3, -0.25) is 9.59 Å². The Balaban J connectivity index is 2.20. The van der Waals surface area contributed by atoms with Crippen molar-refractivity contribution in [1.82, 2.24) is 4.57 Å². The van der Waals surface area contributed by atoms with Gasteiger partial charge in [0, 0.05) is 46.6 Å². The summed E-state index contributed by atoms with van der Waals surface area (Å²) in [6.07, 6.45) is 1.01. The lowest BCUT2D eigenvalue weighted by atomic mass is 9.89. The topological polar surface area (TPSA) is 119 Å². The van der Waals surface area contributed by atoms with E-state index in [1.807, 2.05) is 0 Å². The number of halogens is 3. The monoisotopic (exact) mass is 586 g/mol. The maximum Gasteiger partial charge on any atom is 0.251 e. The zero-order valence-corrected chi connectivity index (χ0v) is 23.3. The minimum absolute atomic E-state index is 0.0142. The fourth-order valence-electron chi connectivity index (χ4n) is 4.94. The van der Waals surface area contributed by atoms with Gasteiger partial charge < -0.3 is 15.4 Å². The summed E-state index contributed by atoms with van der Waals surface area (Å²) < 4.78 is 56.8. The summed E-state index contributed by atoms with van der Waals surface area (Å²) in [4.78, 5) is 27.1. The Morgan fingerprint density at radius 2 is 1.65 bits per heavy atom. The van der Waals surface area contributed by atoms with Crippen molar-refractivity contribution in [2.75, 3.05) is 12.0 Å². The quantitative estimate of drug-likeness (QED) is 0.277. The molecule has 1 aromatic heterocycles. The Bertz CT molecular complexity index is 1770. The zero-order chi connectivity index (χ0) is 29.5. The molecule has 0 aliphatic carbocycles. The van der Waals surface area contributed by atoms with Crippen LogP contribution in [0, 0.1) is 18.6 Å². The number of rotatable bonds is 8. The first-order chi connectivity index (χ1) is 18.7. The second-order valence-corrected chi connectivity index (χ2v) is 12.1. The summed E-state index contributed by atoms with van der Waals surface area (Å²) >= 11 is 6.21. The lowest BCUT2D eigenvalue weighted by Crippen LogP contribution is -2.22. The summed E-state index contributed by atoms with van der Waals surface area (Å²) in [5.74, 6) is -5.17. The van der Waals surface area contributed by atoms with Gasteiger partial charge in [0.25, 0.3) is 5.91 Å². The lowest BCUT2D eigenvalue weighted by Gasteiger charge is -2.20. The number of hydrogen-bond acceptors (Lipinski definition) is 5. The standard InChI is InChI=1S/C29H25ClF2N2O5S/c1-15-21(31)11-12-22(32)23(15)24-25(29(33)37)26(20(14-40(3,38)39)17-5-4-6-18(30)13-17)34(2)27(24)28(36)16-7-9-19(35)10-8-16/h4-13,20,35H,14H2,1-3H3,(H2,33,37).